The summed E-state index contributed by atoms with van der Waals surface area (Å²) >= 11 is 0. The molecule has 5 nitrogen and oxygen atoms in total. The Bertz CT molecular complexity index is 333. The molecule has 0 aliphatic carbocycles. The van der Waals surface area contributed by atoms with Gasteiger partial charge in [0.15, 0.2) is 0 Å². The van der Waals surface area contributed by atoms with E-state index in [-0.39, 0.29) is 12.2 Å². The van der Waals surface area contributed by atoms with E-state index in [0.717, 1.165) is 71.4 Å². The molecule has 142 valence electrons. The molecule has 0 N–H and O–H groups in total. The van der Waals surface area contributed by atoms with Crippen LogP contribution in [0.3, 0.4) is 0 Å². The smallest absolute Gasteiger partial charge is 0.410 e. The summed E-state index contributed by atoms with van der Waals surface area (Å²) in [5.41, 5.74) is -0.426. The van der Waals surface area contributed by atoms with E-state index >= 15 is 0 Å². The van der Waals surface area contributed by atoms with Crippen molar-refractivity contribution < 1.29 is 19.0 Å². The first-order valence-corrected chi connectivity index (χ1v) is 9.59. The van der Waals surface area contributed by atoms with E-state index in [4.69, 9.17) is 14.2 Å². The van der Waals surface area contributed by atoms with Crippen LogP contribution in [0.5, 0.6) is 0 Å². The van der Waals surface area contributed by atoms with E-state index in [0.29, 0.717) is 0 Å². The lowest BCUT2D eigenvalue weighted by Crippen LogP contribution is -2.43. The molecule has 1 heterocycles. The van der Waals surface area contributed by atoms with Crippen LogP contribution in [-0.4, -0.2) is 55.6 Å². The third-order valence-corrected chi connectivity index (χ3v) is 4.02. The maximum absolute atomic E-state index is 12.0. The standard InChI is InChI=1S/C19H37NO4/c1-5-6-14-22-15-8-7-9-16-23-17-10-12-20(13-11-17)18(21)24-19(2,3)4/h17H,5-16H2,1-4H3. The molecule has 0 unspecified atom stereocenters. The van der Waals surface area contributed by atoms with Gasteiger partial charge in [0.05, 0.1) is 6.10 Å². The zero-order valence-electron chi connectivity index (χ0n) is 16.1. The Balaban J connectivity index is 1.99. The highest BCUT2D eigenvalue weighted by Crippen LogP contribution is 2.17. The zero-order valence-corrected chi connectivity index (χ0v) is 16.1. The van der Waals surface area contributed by atoms with Crippen LogP contribution >= 0.6 is 0 Å². The molecule has 0 bridgehead atoms. The molecule has 1 saturated heterocycles. The number of carbonyl (C=O) groups excluding carboxylic acids is 1. The molecular formula is C19H37NO4. The number of carbonyl (C=O) groups is 1. The Morgan fingerprint density at radius 1 is 1.00 bits per heavy atom. The van der Waals surface area contributed by atoms with E-state index < -0.39 is 5.60 Å². The number of rotatable bonds is 10. The fourth-order valence-corrected chi connectivity index (χ4v) is 2.61. The molecule has 0 saturated carbocycles. The molecular weight excluding hydrogens is 306 g/mol. The van der Waals surface area contributed by atoms with Gasteiger partial charge in [0, 0.05) is 32.9 Å². The van der Waals surface area contributed by atoms with Crippen LogP contribution < -0.4 is 0 Å². The Kier molecular flexibility index (Phi) is 10.3. The van der Waals surface area contributed by atoms with Crippen LogP contribution in [0, 0.1) is 0 Å². The van der Waals surface area contributed by atoms with Gasteiger partial charge in [-0.2, -0.15) is 0 Å². The molecule has 0 spiro atoms. The van der Waals surface area contributed by atoms with Gasteiger partial charge in [-0.05, 0) is 59.3 Å². The summed E-state index contributed by atoms with van der Waals surface area (Å²) in [6.45, 7) is 11.9. The lowest BCUT2D eigenvalue weighted by molar-refractivity contribution is -0.0123. The predicted molar refractivity (Wildman–Crippen MR) is 96.4 cm³/mol. The van der Waals surface area contributed by atoms with Gasteiger partial charge in [-0.25, -0.2) is 4.79 Å². The highest BCUT2D eigenvalue weighted by atomic mass is 16.6. The summed E-state index contributed by atoms with van der Waals surface area (Å²) in [4.78, 5) is 13.8. The van der Waals surface area contributed by atoms with Crippen LogP contribution in [0.2, 0.25) is 0 Å². The lowest BCUT2D eigenvalue weighted by Gasteiger charge is -2.33. The van der Waals surface area contributed by atoms with Crippen molar-refractivity contribution in [2.45, 2.75) is 84.3 Å². The average molecular weight is 344 g/mol. The number of piperidine rings is 1. The summed E-state index contributed by atoms with van der Waals surface area (Å²) in [6.07, 6.45) is 7.59. The van der Waals surface area contributed by atoms with E-state index in [1.807, 2.05) is 20.8 Å². The van der Waals surface area contributed by atoms with Crippen LogP contribution in [0.25, 0.3) is 0 Å². The Labute approximate surface area is 148 Å². The maximum Gasteiger partial charge on any atom is 0.410 e. The molecule has 24 heavy (non-hydrogen) atoms. The van der Waals surface area contributed by atoms with Crippen LogP contribution in [0.4, 0.5) is 4.79 Å². The minimum Gasteiger partial charge on any atom is -0.444 e. The van der Waals surface area contributed by atoms with E-state index in [1.165, 1.54) is 6.42 Å². The third kappa shape index (κ3) is 10.1. The molecule has 0 aromatic carbocycles. The van der Waals surface area contributed by atoms with Gasteiger partial charge in [0.1, 0.15) is 5.60 Å². The summed E-state index contributed by atoms with van der Waals surface area (Å²) in [5.74, 6) is 0. The number of amides is 1. The molecule has 0 aromatic rings. The quantitative estimate of drug-likeness (QED) is 0.552. The van der Waals surface area contributed by atoms with Gasteiger partial charge in [-0.1, -0.05) is 13.3 Å². The molecule has 0 aromatic heterocycles. The second kappa shape index (κ2) is 11.7. The van der Waals surface area contributed by atoms with Gasteiger partial charge in [0.2, 0.25) is 0 Å². The van der Waals surface area contributed by atoms with Gasteiger partial charge in [-0.15, -0.1) is 0 Å². The van der Waals surface area contributed by atoms with Gasteiger partial charge < -0.3 is 19.1 Å². The normalized spacial score (nSPS) is 16.4. The number of nitrogens with zero attached hydrogens (tertiary/aromatic N) is 1. The maximum atomic E-state index is 12.0. The SMILES string of the molecule is CCCCOCCCCCOC1CCN(C(=O)OC(C)(C)C)CC1. The Hall–Kier alpha value is -0.810. The zero-order chi connectivity index (χ0) is 17.8. The van der Waals surface area contributed by atoms with Crippen molar-refractivity contribution in [3.63, 3.8) is 0 Å². The fraction of sp³-hybridized carbons (Fsp3) is 0.947. The van der Waals surface area contributed by atoms with E-state index in [1.54, 1.807) is 4.90 Å². The summed E-state index contributed by atoms with van der Waals surface area (Å²) < 4.78 is 16.9. The van der Waals surface area contributed by atoms with Gasteiger partial charge in [0.25, 0.3) is 0 Å². The summed E-state index contributed by atoms with van der Waals surface area (Å²) in [7, 11) is 0. The monoisotopic (exact) mass is 343 g/mol. The molecule has 1 amide bonds. The third-order valence-electron chi connectivity index (χ3n) is 4.02. The number of hydrogen-bond donors (Lipinski definition) is 0. The predicted octanol–water partition coefficient (Wildman–Crippen LogP) is 4.39. The lowest BCUT2D eigenvalue weighted by atomic mass is 10.1. The molecule has 1 aliphatic rings. The molecule has 5 heteroatoms. The first kappa shape index (κ1) is 21.2. The van der Waals surface area contributed by atoms with Crippen molar-refractivity contribution in [3.05, 3.63) is 0 Å². The molecule has 0 atom stereocenters. The van der Waals surface area contributed by atoms with Gasteiger partial charge in [-0.3, -0.25) is 0 Å². The van der Waals surface area contributed by atoms with Gasteiger partial charge >= 0.3 is 6.09 Å². The summed E-state index contributed by atoms with van der Waals surface area (Å²) in [5, 5.41) is 0. The van der Waals surface area contributed by atoms with Crippen molar-refractivity contribution in [3.8, 4) is 0 Å². The Morgan fingerprint density at radius 3 is 2.25 bits per heavy atom. The topological polar surface area (TPSA) is 48.0 Å². The van der Waals surface area contributed by atoms with E-state index in [9.17, 15) is 4.79 Å². The number of unbranched alkanes of at least 4 members (excludes halogenated alkanes) is 3. The highest BCUT2D eigenvalue weighted by molar-refractivity contribution is 5.68. The van der Waals surface area contributed by atoms with Crippen molar-refractivity contribution in [1.82, 2.24) is 4.90 Å². The highest BCUT2D eigenvalue weighted by Gasteiger charge is 2.26. The first-order chi connectivity index (χ1) is 11.4. The van der Waals surface area contributed by atoms with Crippen LogP contribution in [0.15, 0.2) is 0 Å². The Morgan fingerprint density at radius 2 is 1.62 bits per heavy atom. The fourth-order valence-electron chi connectivity index (χ4n) is 2.61. The minimum absolute atomic E-state index is 0.205. The molecule has 0 radical (unpaired) electrons. The van der Waals surface area contributed by atoms with Crippen LogP contribution in [0.1, 0.15) is 72.6 Å². The number of hydrogen-bond acceptors (Lipinski definition) is 4. The molecule has 1 aliphatic heterocycles. The molecule has 1 fully saturated rings. The second-order valence-electron chi connectivity index (χ2n) is 7.56. The largest absolute Gasteiger partial charge is 0.444 e. The molecule has 1 rings (SSSR count). The second-order valence-corrected chi connectivity index (χ2v) is 7.56. The van der Waals surface area contributed by atoms with Crippen LogP contribution in [-0.2, 0) is 14.2 Å². The number of likely N-dealkylation sites (tertiary alicyclic amines) is 1. The van der Waals surface area contributed by atoms with Crippen molar-refractivity contribution in [2.24, 2.45) is 0 Å². The minimum atomic E-state index is -0.426. The number of ether oxygens (including phenoxy) is 3. The van der Waals surface area contributed by atoms with Crippen molar-refractivity contribution in [2.75, 3.05) is 32.9 Å². The summed E-state index contributed by atoms with van der Waals surface area (Å²) in [6, 6.07) is 0. The van der Waals surface area contributed by atoms with E-state index in [2.05, 4.69) is 6.92 Å². The first-order valence-electron chi connectivity index (χ1n) is 9.59. The van der Waals surface area contributed by atoms with Crippen molar-refractivity contribution >= 4 is 6.09 Å². The average Bonchev–Trinajstić information content (AvgIpc) is 2.52. The van der Waals surface area contributed by atoms with Crippen molar-refractivity contribution in [1.29, 1.82) is 0 Å².